The lowest BCUT2D eigenvalue weighted by molar-refractivity contribution is 0.103. The zero-order valence-electron chi connectivity index (χ0n) is 7.83. The van der Waals surface area contributed by atoms with Gasteiger partial charge in [-0.3, -0.25) is 4.79 Å². The van der Waals surface area contributed by atoms with E-state index in [9.17, 15) is 9.18 Å². The fourth-order valence-electron chi connectivity index (χ4n) is 1.36. The maximum Gasteiger partial charge on any atom is 0.211 e. The van der Waals surface area contributed by atoms with Crippen molar-refractivity contribution in [1.29, 1.82) is 0 Å². The highest BCUT2D eigenvalue weighted by Gasteiger charge is 2.12. The molecule has 0 amide bonds. The van der Waals surface area contributed by atoms with Crippen molar-refractivity contribution in [3.05, 3.63) is 53.6 Å². The Morgan fingerprint density at radius 3 is 2.73 bits per heavy atom. The van der Waals surface area contributed by atoms with Gasteiger partial charge in [0, 0.05) is 17.4 Å². The molecule has 1 aromatic heterocycles. The maximum absolute atomic E-state index is 12.8. The summed E-state index contributed by atoms with van der Waals surface area (Å²) in [6.07, 6.45) is 1.65. The standard InChI is InChI=1S/C11H9FN2O/c12-7-3-4-8(9(13)6-7)11(15)10-2-1-5-14-10/h1-6,14H,13H2. The fourth-order valence-corrected chi connectivity index (χ4v) is 1.36. The number of hydrogen-bond acceptors (Lipinski definition) is 2. The normalized spacial score (nSPS) is 10.2. The van der Waals surface area contributed by atoms with Crippen LogP contribution in [0.4, 0.5) is 10.1 Å². The molecule has 0 fully saturated rings. The van der Waals surface area contributed by atoms with Crippen LogP contribution >= 0.6 is 0 Å². The molecule has 0 aliphatic rings. The molecule has 2 rings (SSSR count). The van der Waals surface area contributed by atoms with Gasteiger partial charge in [-0.1, -0.05) is 0 Å². The predicted octanol–water partition coefficient (Wildman–Crippen LogP) is 1.97. The molecule has 0 saturated carbocycles. The number of benzene rings is 1. The summed E-state index contributed by atoms with van der Waals surface area (Å²) in [5.74, 6) is -0.687. The number of hydrogen-bond donors (Lipinski definition) is 2. The minimum Gasteiger partial charge on any atom is -0.398 e. The summed E-state index contributed by atoms with van der Waals surface area (Å²) in [5, 5.41) is 0. The second-order valence-corrected chi connectivity index (χ2v) is 3.14. The molecule has 0 spiro atoms. The van der Waals surface area contributed by atoms with Gasteiger partial charge < -0.3 is 10.7 Å². The SMILES string of the molecule is Nc1cc(F)ccc1C(=O)c1ccc[nH]1. The first-order valence-electron chi connectivity index (χ1n) is 4.41. The Balaban J connectivity index is 2.42. The first-order chi connectivity index (χ1) is 7.18. The number of nitrogens with one attached hydrogen (secondary N) is 1. The molecule has 4 heteroatoms. The van der Waals surface area contributed by atoms with E-state index in [4.69, 9.17) is 5.73 Å². The van der Waals surface area contributed by atoms with Crippen molar-refractivity contribution in [1.82, 2.24) is 4.98 Å². The summed E-state index contributed by atoms with van der Waals surface area (Å²) in [7, 11) is 0. The summed E-state index contributed by atoms with van der Waals surface area (Å²) >= 11 is 0. The van der Waals surface area contributed by atoms with Crippen LogP contribution in [0.5, 0.6) is 0 Å². The first kappa shape index (κ1) is 9.45. The number of ketones is 1. The molecule has 1 aromatic carbocycles. The Bertz CT molecular complexity index is 491. The molecule has 2 aromatic rings. The van der Waals surface area contributed by atoms with Crippen LogP contribution in [0.3, 0.4) is 0 Å². The highest BCUT2D eigenvalue weighted by Crippen LogP contribution is 2.16. The molecule has 15 heavy (non-hydrogen) atoms. The maximum atomic E-state index is 12.8. The fraction of sp³-hybridized carbons (Fsp3) is 0. The van der Waals surface area contributed by atoms with Gasteiger partial charge in [-0.25, -0.2) is 4.39 Å². The third-order valence-electron chi connectivity index (χ3n) is 2.10. The van der Waals surface area contributed by atoms with Crippen molar-refractivity contribution in [2.45, 2.75) is 0 Å². The van der Waals surface area contributed by atoms with Crippen LogP contribution in [-0.2, 0) is 0 Å². The highest BCUT2D eigenvalue weighted by molar-refractivity contribution is 6.10. The monoisotopic (exact) mass is 204 g/mol. The molecule has 0 aliphatic heterocycles. The van der Waals surface area contributed by atoms with Crippen LogP contribution in [0.1, 0.15) is 16.1 Å². The van der Waals surface area contributed by atoms with Gasteiger partial charge in [-0.2, -0.15) is 0 Å². The molecular formula is C11H9FN2O. The first-order valence-corrected chi connectivity index (χ1v) is 4.41. The number of aromatic amines is 1. The highest BCUT2D eigenvalue weighted by atomic mass is 19.1. The lowest BCUT2D eigenvalue weighted by Crippen LogP contribution is -2.05. The second-order valence-electron chi connectivity index (χ2n) is 3.14. The molecule has 3 N–H and O–H groups in total. The van der Waals surface area contributed by atoms with E-state index >= 15 is 0 Å². The van der Waals surface area contributed by atoms with E-state index in [1.807, 2.05) is 0 Å². The third-order valence-corrected chi connectivity index (χ3v) is 2.10. The van der Waals surface area contributed by atoms with Crippen LogP contribution in [0.2, 0.25) is 0 Å². The van der Waals surface area contributed by atoms with Gasteiger partial charge in [0.05, 0.1) is 5.69 Å². The molecular weight excluding hydrogens is 195 g/mol. The Kier molecular flexibility index (Phi) is 2.25. The second kappa shape index (κ2) is 3.57. The van der Waals surface area contributed by atoms with Crippen LogP contribution in [0.15, 0.2) is 36.5 Å². The van der Waals surface area contributed by atoms with Gasteiger partial charge >= 0.3 is 0 Å². The van der Waals surface area contributed by atoms with Crippen molar-refractivity contribution < 1.29 is 9.18 Å². The quantitative estimate of drug-likeness (QED) is 0.580. The Labute approximate surface area is 85.7 Å². The van der Waals surface area contributed by atoms with E-state index in [-0.39, 0.29) is 11.5 Å². The van der Waals surface area contributed by atoms with Gasteiger partial charge in [0.15, 0.2) is 0 Å². The number of H-pyrrole nitrogens is 1. The summed E-state index contributed by atoms with van der Waals surface area (Å²) in [6, 6.07) is 7.09. The molecule has 0 atom stereocenters. The zero-order chi connectivity index (χ0) is 10.8. The molecule has 0 radical (unpaired) electrons. The van der Waals surface area contributed by atoms with Gasteiger partial charge in [0.25, 0.3) is 0 Å². The topological polar surface area (TPSA) is 58.9 Å². The molecule has 0 bridgehead atoms. The molecule has 0 unspecified atom stereocenters. The number of nitrogens with two attached hydrogens (primary N) is 1. The van der Waals surface area contributed by atoms with Crippen LogP contribution in [-0.4, -0.2) is 10.8 Å². The summed E-state index contributed by atoms with van der Waals surface area (Å²) in [6.45, 7) is 0. The van der Waals surface area contributed by atoms with Gasteiger partial charge in [-0.05, 0) is 30.3 Å². The number of carbonyl (C=O) groups excluding carboxylic acids is 1. The van der Waals surface area contributed by atoms with Crippen molar-refractivity contribution in [2.24, 2.45) is 0 Å². The summed E-state index contributed by atoms with van der Waals surface area (Å²) < 4.78 is 12.8. The number of aromatic nitrogens is 1. The van der Waals surface area contributed by atoms with E-state index < -0.39 is 5.82 Å². The van der Waals surface area contributed by atoms with Crippen molar-refractivity contribution >= 4 is 11.5 Å². The number of halogens is 1. The molecule has 76 valence electrons. The minimum atomic E-state index is -0.449. The predicted molar refractivity (Wildman–Crippen MR) is 55.0 cm³/mol. The third kappa shape index (κ3) is 1.74. The van der Waals surface area contributed by atoms with E-state index in [2.05, 4.69) is 4.98 Å². The van der Waals surface area contributed by atoms with E-state index in [1.54, 1.807) is 18.3 Å². The van der Waals surface area contributed by atoms with Gasteiger partial charge in [0.2, 0.25) is 5.78 Å². The molecule has 3 nitrogen and oxygen atoms in total. The molecule has 1 heterocycles. The molecule has 0 saturated heterocycles. The van der Waals surface area contributed by atoms with Crippen molar-refractivity contribution in [3.63, 3.8) is 0 Å². The number of nitrogen functional groups attached to an aromatic ring is 1. The van der Waals surface area contributed by atoms with E-state index in [0.29, 0.717) is 11.3 Å². The lowest BCUT2D eigenvalue weighted by Gasteiger charge is -2.02. The smallest absolute Gasteiger partial charge is 0.211 e. The van der Waals surface area contributed by atoms with E-state index in [0.717, 1.165) is 6.07 Å². The van der Waals surface area contributed by atoms with Crippen molar-refractivity contribution in [2.75, 3.05) is 5.73 Å². The minimum absolute atomic E-state index is 0.148. The largest absolute Gasteiger partial charge is 0.398 e. The van der Waals surface area contributed by atoms with Crippen LogP contribution in [0.25, 0.3) is 0 Å². The Morgan fingerprint density at radius 2 is 2.13 bits per heavy atom. The number of rotatable bonds is 2. The zero-order valence-corrected chi connectivity index (χ0v) is 7.83. The van der Waals surface area contributed by atoms with E-state index in [1.165, 1.54) is 12.1 Å². The number of anilines is 1. The average Bonchev–Trinajstić information content (AvgIpc) is 2.69. The Hall–Kier alpha value is -2.10. The summed E-state index contributed by atoms with van der Waals surface area (Å²) in [5.41, 5.74) is 6.44. The lowest BCUT2D eigenvalue weighted by atomic mass is 10.1. The van der Waals surface area contributed by atoms with Crippen molar-refractivity contribution in [3.8, 4) is 0 Å². The van der Waals surface area contributed by atoms with Gasteiger partial charge in [-0.15, -0.1) is 0 Å². The van der Waals surface area contributed by atoms with Crippen LogP contribution in [0, 0.1) is 5.82 Å². The average molecular weight is 204 g/mol. The summed E-state index contributed by atoms with van der Waals surface area (Å²) in [4.78, 5) is 14.6. The Morgan fingerprint density at radius 1 is 1.33 bits per heavy atom. The van der Waals surface area contributed by atoms with Crippen LogP contribution < -0.4 is 5.73 Å². The van der Waals surface area contributed by atoms with Gasteiger partial charge in [0.1, 0.15) is 5.82 Å². The number of carbonyl (C=O) groups is 1. The molecule has 0 aliphatic carbocycles.